The van der Waals surface area contributed by atoms with E-state index >= 15 is 0 Å². The van der Waals surface area contributed by atoms with Gasteiger partial charge in [0.2, 0.25) is 0 Å². The Balaban J connectivity index is 0.000000914. The summed E-state index contributed by atoms with van der Waals surface area (Å²) in [4.78, 5) is 28.7. The molecule has 3 aromatic carbocycles. The van der Waals surface area contributed by atoms with Crippen molar-refractivity contribution in [2.45, 2.75) is 40.2 Å². The molecule has 0 aliphatic rings. The van der Waals surface area contributed by atoms with E-state index in [1.807, 2.05) is 65.0 Å². The maximum absolute atomic E-state index is 14.8. The molecule has 33 heavy (non-hydrogen) atoms. The van der Waals surface area contributed by atoms with Crippen LogP contribution >= 0.6 is 0 Å². The quantitative estimate of drug-likeness (QED) is 0.366. The second kappa shape index (κ2) is 10.9. The summed E-state index contributed by atoms with van der Waals surface area (Å²) in [5, 5.41) is 3.60. The average molecular weight is 450 g/mol. The molecule has 0 saturated carbocycles. The number of nitrogens with two attached hydrogens (primary N) is 1. The summed E-state index contributed by atoms with van der Waals surface area (Å²) in [6.07, 6.45) is 0. The van der Waals surface area contributed by atoms with E-state index in [0.717, 1.165) is 17.2 Å². The largest absolute Gasteiger partial charge is 0.354 e. The number of benzene rings is 3. The smallest absolute Gasteiger partial charge is 0.255 e. The molecule has 0 atom stereocenters. The number of carbonyl (C=O) groups is 1. The molecule has 0 radical (unpaired) electrons. The van der Waals surface area contributed by atoms with Crippen LogP contribution in [-0.4, -0.2) is 17.9 Å². The van der Waals surface area contributed by atoms with Crippen molar-refractivity contribution in [2.75, 3.05) is 7.05 Å². The SMILES string of the molecule is CC.CN.Cc1cccc(C(C)(C)NC(=O)c2cc3[nH]c4ccccc4c(=O)c3cc2F)c1. The van der Waals surface area contributed by atoms with Crippen molar-refractivity contribution in [1.82, 2.24) is 10.3 Å². The number of aryl methyl sites for hydroxylation is 1. The van der Waals surface area contributed by atoms with Crippen LogP contribution in [0.4, 0.5) is 4.39 Å². The number of H-pyrrole nitrogens is 1. The van der Waals surface area contributed by atoms with Gasteiger partial charge in [0, 0.05) is 16.3 Å². The first-order valence-electron chi connectivity index (χ1n) is 11.0. The van der Waals surface area contributed by atoms with Crippen molar-refractivity contribution in [3.8, 4) is 0 Å². The van der Waals surface area contributed by atoms with E-state index in [2.05, 4.69) is 16.0 Å². The zero-order valence-electron chi connectivity index (χ0n) is 20.0. The van der Waals surface area contributed by atoms with E-state index in [9.17, 15) is 14.0 Å². The zero-order chi connectivity index (χ0) is 24.8. The number of hydrogen-bond donors (Lipinski definition) is 3. The van der Waals surface area contributed by atoms with Crippen LogP contribution in [-0.2, 0) is 5.54 Å². The second-order valence-corrected chi connectivity index (χ2v) is 7.83. The molecule has 174 valence electrons. The van der Waals surface area contributed by atoms with Crippen molar-refractivity contribution in [1.29, 1.82) is 0 Å². The highest BCUT2D eigenvalue weighted by Gasteiger charge is 2.25. The fourth-order valence-corrected chi connectivity index (χ4v) is 3.58. The van der Waals surface area contributed by atoms with Gasteiger partial charge in [-0.05, 0) is 57.6 Å². The minimum absolute atomic E-state index is 0.107. The Labute approximate surface area is 193 Å². The van der Waals surface area contributed by atoms with E-state index in [4.69, 9.17) is 0 Å². The molecule has 0 bridgehead atoms. The van der Waals surface area contributed by atoms with Crippen molar-refractivity contribution in [3.05, 3.63) is 93.4 Å². The average Bonchev–Trinajstić information content (AvgIpc) is 2.82. The van der Waals surface area contributed by atoms with Crippen LogP contribution in [0.3, 0.4) is 0 Å². The van der Waals surface area contributed by atoms with Crippen molar-refractivity contribution in [3.63, 3.8) is 0 Å². The Kier molecular flexibility index (Phi) is 8.49. The number of hydrogen-bond acceptors (Lipinski definition) is 3. The summed E-state index contributed by atoms with van der Waals surface area (Å²) < 4.78 is 14.8. The van der Waals surface area contributed by atoms with Gasteiger partial charge in [-0.15, -0.1) is 0 Å². The van der Waals surface area contributed by atoms with Crippen LogP contribution in [0.1, 0.15) is 49.2 Å². The van der Waals surface area contributed by atoms with Gasteiger partial charge in [-0.3, -0.25) is 9.59 Å². The first-order chi connectivity index (χ1) is 15.8. The molecular weight excluding hydrogens is 417 g/mol. The molecule has 1 amide bonds. The fourth-order valence-electron chi connectivity index (χ4n) is 3.58. The molecule has 1 heterocycles. The van der Waals surface area contributed by atoms with E-state index in [0.29, 0.717) is 16.4 Å². The van der Waals surface area contributed by atoms with Gasteiger partial charge in [0.15, 0.2) is 5.43 Å². The summed E-state index contributed by atoms with van der Waals surface area (Å²) in [6, 6.07) is 17.4. The molecule has 4 rings (SSSR count). The van der Waals surface area contributed by atoms with Crippen molar-refractivity contribution in [2.24, 2.45) is 5.73 Å². The predicted molar refractivity (Wildman–Crippen MR) is 135 cm³/mol. The molecule has 0 unspecified atom stereocenters. The summed E-state index contributed by atoms with van der Waals surface area (Å²) in [6.45, 7) is 9.72. The summed E-state index contributed by atoms with van der Waals surface area (Å²) in [5.74, 6) is -1.26. The van der Waals surface area contributed by atoms with Crippen LogP contribution in [0.25, 0.3) is 21.8 Å². The van der Waals surface area contributed by atoms with Crippen LogP contribution in [0.2, 0.25) is 0 Å². The van der Waals surface area contributed by atoms with Gasteiger partial charge in [0.1, 0.15) is 5.82 Å². The molecule has 0 spiro atoms. The minimum Gasteiger partial charge on any atom is -0.354 e. The Morgan fingerprint density at radius 1 is 0.939 bits per heavy atom. The summed E-state index contributed by atoms with van der Waals surface area (Å²) >= 11 is 0. The predicted octanol–water partition coefficient (Wildman–Crippen LogP) is 5.40. The maximum atomic E-state index is 14.8. The van der Waals surface area contributed by atoms with Gasteiger partial charge in [0.05, 0.1) is 16.6 Å². The number of para-hydroxylation sites is 1. The maximum Gasteiger partial charge on any atom is 0.255 e. The Morgan fingerprint density at radius 2 is 1.61 bits per heavy atom. The Morgan fingerprint density at radius 3 is 2.27 bits per heavy atom. The number of halogens is 1. The normalized spacial score (nSPS) is 10.7. The molecule has 0 saturated heterocycles. The number of aromatic nitrogens is 1. The van der Waals surface area contributed by atoms with Crippen LogP contribution < -0.4 is 16.5 Å². The van der Waals surface area contributed by atoms with Crippen LogP contribution in [0.5, 0.6) is 0 Å². The Hall–Kier alpha value is -3.51. The molecule has 0 fully saturated rings. The molecular formula is C27H32FN3O2. The summed E-state index contributed by atoms with van der Waals surface area (Å²) in [7, 11) is 1.50. The van der Waals surface area contributed by atoms with E-state index in [-0.39, 0.29) is 16.4 Å². The highest BCUT2D eigenvalue weighted by Crippen LogP contribution is 2.23. The van der Waals surface area contributed by atoms with Crippen molar-refractivity contribution < 1.29 is 9.18 Å². The molecule has 4 aromatic rings. The first kappa shape index (κ1) is 25.7. The second-order valence-electron chi connectivity index (χ2n) is 7.83. The van der Waals surface area contributed by atoms with Crippen molar-refractivity contribution >= 4 is 27.7 Å². The summed E-state index contributed by atoms with van der Waals surface area (Å²) in [5.41, 5.74) is 6.50. The number of amides is 1. The third-order valence-electron chi connectivity index (χ3n) is 5.20. The monoisotopic (exact) mass is 449 g/mol. The number of rotatable bonds is 3. The number of carbonyl (C=O) groups excluding carboxylic acids is 1. The van der Waals surface area contributed by atoms with E-state index in [1.165, 1.54) is 13.1 Å². The number of fused-ring (bicyclic) bond motifs is 2. The van der Waals surface area contributed by atoms with Gasteiger partial charge in [0.25, 0.3) is 5.91 Å². The first-order valence-corrected chi connectivity index (χ1v) is 11.0. The molecule has 0 aliphatic heterocycles. The molecule has 4 N–H and O–H groups in total. The molecule has 1 aromatic heterocycles. The lowest BCUT2D eigenvalue weighted by atomic mass is 9.92. The lowest BCUT2D eigenvalue weighted by Gasteiger charge is -2.27. The number of aromatic amines is 1. The topological polar surface area (TPSA) is 88.0 Å². The van der Waals surface area contributed by atoms with Crippen LogP contribution in [0, 0.1) is 12.7 Å². The fraction of sp³-hybridized carbons (Fsp3) is 0.259. The third-order valence-corrected chi connectivity index (χ3v) is 5.20. The third kappa shape index (κ3) is 5.46. The zero-order valence-corrected chi connectivity index (χ0v) is 20.0. The Bertz CT molecular complexity index is 1330. The lowest BCUT2D eigenvalue weighted by molar-refractivity contribution is 0.0908. The number of pyridine rings is 1. The van der Waals surface area contributed by atoms with Gasteiger partial charge in [-0.2, -0.15) is 0 Å². The highest BCUT2D eigenvalue weighted by molar-refractivity contribution is 6.00. The van der Waals surface area contributed by atoms with Crippen LogP contribution in [0.15, 0.2) is 65.5 Å². The molecule has 0 aliphatic carbocycles. The molecule has 5 nitrogen and oxygen atoms in total. The lowest BCUT2D eigenvalue weighted by Crippen LogP contribution is -2.41. The minimum atomic E-state index is -0.726. The number of nitrogens with one attached hydrogen (secondary N) is 2. The highest BCUT2D eigenvalue weighted by atomic mass is 19.1. The van der Waals surface area contributed by atoms with E-state index < -0.39 is 17.3 Å². The molecule has 6 heteroatoms. The standard InChI is InChI=1S/C24H21FN2O2.C2H6.CH5N/c1-14-7-6-8-15(11-14)24(2,3)27-23(29)17-13-21-18(12-19(17)25)22(28)16-9-4-5-10-20(16)26-21;2*1-2/h4-13H,1-3H3,(H,26,28)(H,27,29);1-2H3;2H2,1H3. The van der Waals surface area contributed by atoms with Gasteiger partial charge in [-0.25, -0.2) is 4.39 Å². The van der Waals surface area contributed by atoms with E-state index in [1.54, 1.807) is 18.2 Å². The van der Waals surface area contributed by atoms with Gasteiger partial charge in [-0.1, -0.05) is 55.8 Å². The van der Waals surface area contributed by atoms with Gasteiger partial charge >= 0.3 is 0 Å². The van der Waals surface area contributed by atoms with Gasteiger partial charge < -0.3 is 16.0 Å².